The van der Waals surface area contributed by atoms with Crippen LogP contribution in [0, 0.1) is 19.8 Å². The number of nitrogens with one attached hydrogen (secondary N) is 2. The van der Waals surface area contributed by atoms with E-state index in [9.17, 15) is 18.0 Å². The maximum Gasteiger partial charge on any atom is 0.266 e. The third-order valence-electron chi connectivity index (χ3n) is 4.31. The minimum absolute atomic E-state index is 0.0944. The number of amides is 2. The quantitative estimate of drug-likeness (QED) is 0.809. The van der Waals surface area contributed by atoms with E-state index < -0.39 is 22.0 Å². The number of aryl methyl sites for hydroxylation is 2. The van der Waals surface area contributed by atoms with E-state index in [1.54, 1.807) is 26.1 Å². The number of hydrogen-bond donors (Lipinski definition) is 2. The smallest absolute Gasteiger partial charge is 0.266 e. The fourth-order valence-electron chi connectivity index (χ4n) is 2.90. The fraction of sp³-hybridized carbons (Fsp3) is 0.316. The molecule has 0 unspecified atom stereocenters. The lowest BCUT2D eigenvalue weighted by Crippen LogP contribution is -2.40. The zero-order valence-corrected chi connectivity index (χ0v) is 16.8. The van der Waals surface area contributed by atoms with Crippen molar-refractivity contribution in [3.63, 3.8) is 0 Å². The van der Waals surface area contributed by atoms with Crippen molar-refractivity contribution in [2.45, 2.75) is 38.7 Å². The van der Waals surface area contributed by atoms with Crippen LogP contribution >= 0.6 is 0 Å². The molecule has 1 aliphatic heterocycles. The highest BCUT2D eigenvalue weighted by atomic mass is 32.2. The summed E-state index contributed by atoms with van der Waals surface area (Å²) in [6.45, 7) is 6.99. The standard InChI is InChI=1S/C19H21N3O5S/c1-10(2)17-19(24)21-14-6-12(4)16(7-15(14)27-17)28(25,26)22-18(23)13-5-11(3)8-20-9-13/h5-10,17H,1-4H3,(H,21,24)(H,22,23)/t17-/m1/s1. The van der Waals surface area contributed by atoms with E-state index in [0.717, 1.165) is 5.56 Å². The maximum absolute atomic E-state index is 12.8. The topological polar surface area (TPSA) is 114 Å². The van der Waals surface area contributed by atoms with Crippen LogP contribution in [0.25, 0.3) is 0 Å². The summed E-state index contributed by atoms with van der Waals surface area (Å²) in [7, 11) is -4.16. The van der Waals surface area contributed by atoms with E-state index in [-0.39, 0.29) is 28.0 Å². The van der Waals surface area contributed by atoms with Crippen LogP contribution in [0.4, 0.5) is 5.69 Å². The Morgan fingerprint density at radius 3 is 2.57 bits per heavy atom. The molecule has 0 spiro atoms. The van der Waals surface area contributed by atoms with Gasteiger partial charge in [-0.2, -0.15) is 0 Å². The number of anilines is 1. The number of rotatable bonds is 4. The first-order valence-electron chi connectivity index (χ1n) is 8.69. The number of nitrogens with zero attached hydrogens (tertiary/aromatic N) is 1. The summed E-state index contributed by atoms with van der Waals surface area (Å²) in [5.41, 5.74) is 1.64. The summed E-state index contributed by atoms with van der Waals surface area (Å²) in [6, 6.07) is 4.38. The number of sulfonamides is 1. The third-order valence-corrected chi connectivity index (χ3v) is 5.78. The summed E-state index contributed by atoms with van der Waals surface area (Å²) < 4.78 is 33.3. The van der Waals surface area contributed by atoms with E-state index in [1.807, 2.05) is 13.8 Å². The Morgan fingerprint density at radius 2 is 1.93 bits per heavy atom. The molecule has 1 aromatic heterocycles. The van der Waals surface area contributed by atoms with E-state index >= 15 is 0 Å². The first-order valence-corrected chi connectivity index (χ1v) is 10.2. The SMILES string of the molecule is Cc1cncc(C(=O)NS(=O)(=O)c2cc3c(cc2C)NC(=O)[C@@H](C(C)C)O3)c1. The molecule has 8 nitrogen and oxygen atoms in total. The summed E-state index contributed by atoms with van der Waals surface area (Å²) in [4.78, 5) is 28.3. The Bertz CT molecular complexity index is 1060. The molecule has 148 valence electrons. The van der Waals surface area contributed by atoms with Gasteiger partial charge < -0.3 is 10.1 Å². The second-order valence-electron chi connectivity index (χ2n) is 7.07. The molecule has 2 N–H and O–H groups in total. The average Bonchev–Trinajstić information content (AvgIpc) is 2.59. The number of carbonyl (C=O) groups is 2. The molecule has 3 rings (SSSR count). The van der Waals surface area contributed by atoms with Crippen LogP contribution in [0.3, 0.4) is 0 Å². The van der Waals surface area contributed by atoms with Crippen molar-refractivity contribution < 1.29 is 22.7 Å². The van der Waals surface area contributed by atoms with Gasteiger partial charge >= 0.3 is 0 Å². The Morgan fingerprint density at radius 1 is 1.21 bits per heavy atom. The first-order chi connectivity index (χ1) is 13.1. The zero-order valence-electron chi connectivity index (χ0n) is 15.9. The lowest BCUT2D eigenvalue weighted by Gasteiger charge is -2.29. The highest BCUT2D eigenvalue weighted by Crippen LogP contribution is 2.35. The van der Waals surface area contributed by atoms with Crippen LogP contribution in [0.5, 0.6) is 5.75 Å². The molecule has 1 aliphatic rings. The fourth-order valence-corrected chi connectivity index (χ4v) is 4.12. The number of ether oxygens (including phenoxy) is 1. The Balaban J connectivity index is 1.93. The number of fused-ring (bicyclic) bond motifs is 1. The summed E-state index contributed by atoms with van der Waals surface area (Å²) in [6.07, 6.45) is 2.14. The predicted octanol–water partition coefficient (Wildman–Crippen LogP) is 2.17. The van der Waals surface area contributed by atoms with Crippen molar-refractivity contribution in [3.8, 4) is 5.75 Å². The van der Waals surface area contributed by atoms with Crippen molar-refractivity contribution in [1.82, 2.24) is 9.71 Å². The van der Waals surface area contributed by atoms with Gasteiger partial charge in [0.05, 0.1) is 16.1 Å². The van der Waals surface area contributed by atoms with Gasteiger partial charge in [0.2, 0.25) is 0 Å². The minimum atomic E-state index is -4.16. The normalized spacial score (nSPS) is 16.2. The van der Waals surface area contributed by atoms with Gasteiger partial charge in [0.25, 0.3) is 21.8 Å². The molecule has 28 heavy (non-hydrogen) atoms. The molecule has 2 aromatic rings. The monoisotopic (exact) mass is 403 g/mol. The van der Waals surface area contributed by atoms with Crippen LogP contribution < -0.4 is 14.8 Å². The Hall–Kier alpha value is -2.94. The maximum atomic E-state index is 12.8. The van der Waals surface area contributed by atoms with Gasteiger partial charge in [0.1, 0.15) is 5.75 Å². The van der Waals surface area contributed by atoms with Gasteiger partial charge in [-0.1, -0.05) is 13.8 Å². The molecule has 2 amide bonds. The van der Waals surface area contributed by atoms with Crippen LogP contribution in [-0.2, 0) is 14.8 Å². The van der Waals surface area contributed by atoms with Gasteiger partial charge in [0.15, 0.2) is 6.10 Å². The van der Waals surface area contributed by atoms with Crippen molar-refractivity contribution in [2.24, 2.45) is 5.92 Å². The second kappa shape index (κ2) is 7.23. The van der Waals surface area contributed by atoms with Crippen molar-refractivity contribution in [2.75, 3.05) is 5.32 Å². The summed E-state index contributed by atoms with van der Waals surface area (Å²) in [5, 5.41) is 2.73. The van der Waals surface area contributed by atoms with E-state index in [1.165, 1.54) is 18.3 Å². The van der Waals surface area contributed by atoms with Crippen molar-refractivity contribution in [3.05, 3.63) is 47.3 Å². The van der Waals surface area contributed by atoms with E-state index in [0.29, 0.717) is 11.3 Å². The van der Waals surface area contributed by atoms with Crippen molar-refractivity contribution >= 4 is 27.5 Å². The molecule has 0 saturated carbocycles. The first kappa shape index (κ1) is 19.8. The number of aromatic nitrogens is 1. The molecular weight excluding hydrogens is 382 g/mol. The third kappa shape index (κ3) is 3.84. The number of benzene rings is 1. The highest BCUT2D eigenvalue weighted by molar-refractivity contribution is 7.90. The zero-order chi connectivity index (χ0) is 20.6. The van der Waals surface area contributed by atoms with Crippen LogP contribution in [0.15, 0.2) is 35.5 Å². The minimum Gasteiger partial charge on any atom is -0.478 e. The van der Waals surface area contributed by atoms with Crippen LogP contribution in [-0.4, -0.2) is 31.3 Å². The van der Waals surface area contributed by atoms with Gasteiger partial charge in [-0.3, -0.25) is 14.6 Å². The number of pyridine rings is 1. The van der Waals surface area contributed by atoms with E-state index in [4.69, 9.17) is 4.74 Å². The molecule has 0 saturated heterocycles. The highest BCUT2D eigenvalue weighted by Gasteiger charge is 2.32. The Kier molecular flexibility index (Phi) is 5.12. The van der Waals surface area contributed by atoms with Gasteiger partial charge in [0, 0.05) is 18.5 Å². The second-order valence-corrected chi connectivity index (χ2v) is 8.72. The molecule has 1 aromatic carbocycles. The molecule has 0 radical (unpaired) electrons. The van der Waals surface area contributed by atoms with Gasteiger partial charge in [-0.25, -0.2) is 13.1 Å². The largest absolute Gasteiger partial charge is 0.478 e. The van der Waals surface area contributed by atoms with Gasteiger partial charge in [-0.05, 0) is 43.0 Å². The van der Waals surface area contributed by atoms with E-state index in [2.05, 4.69) is 15.0 Å². The predicted molar refractivity (Wildman–Crippen MR) is 103 cm³/mol. The average molecular weight is 403 g/mol. The Labute approximate surface area is 163 Å². The van der Waals surface area contributed by atoms with Gasteiger partial charge in [-0.15, -0.1) is 0 Å². The lowest BCUT2D eigenvalue weighted by molar-refractivity contribution is -0.125. The summed E-state index contributed by atoms with van der Waals surface area (Å²) in [5.74, 6) is -0.905. The number of carbonyl (C=O) groups excluding carboxylic acids is 2. The molecule has 1 atom stereocenters. The molecule has 0 fully saturated rings. The van der Waals surface area contributed by atoms with Crippen LogP contribution in [0.2, 0.25) is 0 Å². The molecule has 2 heterocycles. The van der Waals surface area contributed by atoms with Crippen molar-refractivity contribution in [1.29, 1.82) is 0 Å². The van der Waals surface area contributed by atoms with Crippen LogP contribution in [0.1, 0.15) is 35.3 Å². The summed E-state index contributed by atoms with van der Waals surface area (Å²) >= 11 is 0. The lowest BCUT2D eigenvalue weighted by atomic mass is 10.0. The molecule has 0 bridgehead atoms. The molecular formula is C19H21N3O5S. The number of hydrogen-bond acceptors (Lipinski definition) is 6. The molecule has 0 aliphatic carbocycles. The molecule has 9 heteroatoms.